The van der Waals surface area contributed by atoms with Crippen molar-refractivity contribution in [3.8, 4) is 11.5 Å². The summed E-state index contributed by atoms with van der Waals surface area (Å²) in [7, 11) is 1.53. The van der Waals surface area contributed by atoms with Crippen molar-refractivity contribution in [3.63, 3.8) is 0 Å². The van der Waals surface area contributed by atoms with Crippen LogP contribution in [-0.2, 0) is 11.2 Å². The second-order valence-corrected chi connectivity index (χ2v) is 6.79. The first-order chi connectivity index (χ1) is 14.6. The van der Waals surface area contributed by atoms with E-state index >= 15 is 0 Å². The number of carbonyl (C=O) groups is 2. The van der Waals surface area contributed by atoms with Crippen molar-refractivity contribution in [3.05, 3.63) is 90.0 Å². The van der Waals surface area contributed by atoms with Gasteiger partial charge in [-0.2, -0.15) is 0 Å². The average Bonchev–Trinajstić information content (AvgIpc) is 2.78. The maximum atomic E-state index is 13.0. The van der Waals surface area contributed by atoms with E-state index in [9.17, 15) is 14.7 Å². The number of phenols is 1. The maximum absolute atomic E-state index is 13.0. The molecule has 30 heavy (non-hydrogen) atoms. The van der Waals surface area contributed by atoms with Gasteiger partial charge >= 0.3 is 0 Å². The zero-order valence-electron chi connectivity index (χ0n) is 16.7. The molecule has 0 radical (unpaired) electrons. The lowest BCUT2D eigenvalue weighted by Gasteiger charge is -2.19. The molecule has 3 aromatic rings. The number of anilines is 1. The van der Waals surface area contributed by atoms with Crippen LogP contribution in [0.1, 0.15) is 22.3 Å². The van der Waals surface area contributed by atoms with Crippen LogP contribution in [0, 0.1) is 0 Å². The van der Waals surface area contributed by atoms with Crippen LogP contribution in [0.3, 0.4) is 0 Å². The highest BCUT2D eigenvalue weighted by Crippen LogP contribution is 2.23. The molecule has 0 aliphatic heterocycles. The number of nitrogens with one attached hydrogen (secondary N) is 2. The molecule has 3 rings (SSSR count). The topological polar surface area (TPSA) is 87.7 Å². The number of hydrogen-bond donors (Lipinski definition) is 3. The van der Waals surface area contributed by atoms with E-state index in [2.05, 4.69) is 10.6 Å². The number of rotatable bonds is 8. The molecular weight excluding hydrogens is 380 g/mol. The fourth-order valence-electron chi connectivity index (χ4n) is 3.04. The van der Waals surface area contributed by atoms with Crippen LogP contribution in [0.5, 0.6) is 11.5 Å². The predicted molar refractivity (Wildman–Crippen MR) is 116 cm³/mol. The van der Waals surface area contributed by atoms with Gasteiger partial charge in [0.15, 0.2) is 0 Å². The van der Waals surface area contributed by atoms with Crippen LogP contribution in [0.2, 0.25) is 0 Å². The van der Waals surface area contributed by atoms with E-state index in [4.69, 9.17) is 4.74 Å². The van der Waals surface area contributed by atoms with Gasteiger partial charge in [0, 0.05) is 5.56 Å². The molecule has 1 atom stereocenters. The number of para-hydroxylation sites is 2. The number of methoxy groups -OCH3 is 1. The normalized spacial score (nSPS) is 11.4. The van der Waals surface area contributed by atoms with Crippen molar-refractivity contribution in [2.75, 3.05) is 12.4 Å². The number of aryl methyl sites for hydroxylation is 1. The van der Waals surface area contributed by atoms with E-state index in [0.29, 0.717) is 29.8 Å². The summed E-state index contributed by atoms with van der Waals surface area (Å²) in [5.41, 5.74) is 1.97. The molecule has 2 amide bonds. The molecule has 0 bridgehead atoms. The summed E-state index contributed by atoms with van der Waals surface area (Å²) in [5, 5.41) is 15.1. The first kappa shape index (κ1) is 20.9. The number of benzene rings is 3. The fourth-order valence-corrected chi connectivity index (χ4v) is 3.04. The SMILES string of the molecule is COc1ccccc1NC(=O)C(CCc1ccc(O)cc1)NC(=O)c1ccccc1. The standard InChI is InChI=1S/C24H24N2O4/c1-30-22-10-6-5-9-20(22)25-24(29)21(16-13-17-11-14-19(27)15-12-17)26-23(28)18-7-3-2-4-8-18/h2-12,14-15,21,27H,13,16H2,1H3,(H,25,29)(H,26,28). The highest BCUT2D eigenvalue weighted by molar-refractivity contribution is 6.01. The Balaban J connectivity index is 1.75. The Hall–Kier alpha value is -3.80. The number of hydrogen-bond acceptors (Lipinski definition) is 4. The smallest absolute Gasteiger partial charge is 0.251 e. The number of carbonyl (C=O) groups excluding carboxylic acids is 2. The van der Waals surface area contributed by atoms with Gasteiger partial charge in [-0.1, -0.05) is 42.5 Å². The highest BCUT2D eigenvalue weighted by Gasteiger charge is 2.22. The minimum absolute atomic E-state index is 0.182. The molecule has 6 heteroatoms. The lowest BCUT2D eigenvalue weighted by Crippen LogP contribution is -2.44. The quantitative estimate of drug-likeness (QED) is 0.533. The Labute approximate surface area is 175 Å². The Morgan fingerprint density at radius 3 is 2.30 bits per heavy atom. The minimum Gasteiger partial charge on any atom is -0.508 e. The molecule has 0 aliphatic carbocycles. The number of ether oxygens (including phenoxy) is 1. The third-order valence-corrected chi connectivity index (χ3v) is 4.68. The van der Waals surface area contributed by atoms with Crippen molar-refractivity contribution in [1.82, 2.24) is 5.32 Å². The molecule has 0 saturated carbocycles. The summed E-state index contributed by atoms with van der Waals surface area (Å²) < 4.78 is 5.29. The van der Waals surface area contributed by atoms with Crippen LogP contribution in [0.15, 0.2) is 78.9 Å². The van der Waals surface area contributed by atoms with Crippen LogP contribution >= 0.6 is 0 Å². The van der Waals surface area contributed by atoms with Crippen molar-refractivity contribution in [2.45, 2.75) is 18.9 Å². The predicted octanol–water partition coefficient (Wildman–Crippen LogP) is 3.77. The highest BCUT2D eigenvalue weighted by atomic mass is 16.5. The zero-order chi connectivity index (χ0) is 21.3. The molecule has 0 fully saturated rings. The third-order valence-electron chi connectivity index (χ3n) is 4.68. The molecule has 0 aromatic heterocycles. The van der Waals surface area contributed by atoms with Crippen LogP contribution < -0.4 is 15.4 Å². The molecule has 0 spiro atoms. The lowest BCUT2D eigenvalue weighted by molar-refractivity contribution is -0.118. The van der Waals surface area contributed by atoms with E-state index in [-0.39, 0.29) is 17.6 Å². The third kappa shape index (κ3) is 5.61. The molecule has 0 saturated heterocycles. The van der Waals surface area contributed by atoms with Gasteiger partial charge in [-0.15, -0.1) is 0 Å². The lowest BCUT2D eigenvalue weighted by atomic mass is 10.0. The first-order valence-corrected chi connectivity index (χ1v) is 9.64. The molecule has 3 aromatic carbocycles. The van der Waals surface area contributed by atoms with Gasteiger partial charge in [0.1, 0.15) is 17.5 Å². The number of amides is 2. The monoisotopic (exact) mass is 404 g/mol. The summed E-state index contributed by atoms with van der Waals surface area (Å²) in [6.07, 6.45) is 0.948. The summed E-state index contributed by atoms with van der Waals surface area (Å²) in [6, 6.07) is 21.9. The van der Waals surface area contributed by atoms with Gasteiger partial charge in [0.25, 0.3) is 5.91 Å². The van der Waals surface area contributed by atoms with E-state index in [1.165, 1.54) is 7.11 Å². The first-order valence-electron chi connectivity index (χ1n) is 9.64. The van der Waals surface area contributed by atoms with E-state index in [1.807, 2.05) is 12.1 Å². The zero-order valence-corrected chi connectivity index (χ0v) is 16.7. The maximum Gasteiger partial charge on any atom is 0.251 e. The van der Waals surface area contributed by atoms with Crippen molar-refractivity contribution in [1.29, 1.82) is 0 Å². The molecule has 6 nitrogen and oxygen atoms in total. The Kier molecular flexibility index (Phi) is 7.05. The molecule has 1 unspecified atom stereocenters. The summed E-state index contributed by atoms with van der Waals surface area (Å²) >= 11 is 0. The minimum atomic E-state index is -0.753. The summed E-state index contributed by atoms with van der Waals surface area (Å²) in [4.78, 5) is 25.6. The average molecular weight is 404 g/mol. The second kappa shape index (κ2) is 10.1. The van der Waals surface area contributed by atoms with Gasteiger partial charge in [0.05, 0.1) is 12.8 Å². The van der Waals surface area contributed by atoms with Crippen molar-refractivity contribution < 1.29 is 19.4 Å². The van der Waals surface area contributed by atoms with Crippen LogP contribution in [-0.4, -0.2) is 30.1 Å². The molecule has 154 valence electrons. The van der Waals surface area contributed by atoms with E-state index in [1.54, 1.807) is 66.7 Å². The van der Waals surface area contributed by atoms with E-state index in [0.717, 1.165) is 5.56 Å². The Morgan fingerprint density at radius 1 is 0.933 bits per heavy atom. The molecular formula is C24H24N2O4. The number of aromatic hydroxyl groups is 1. The van der Waals surface area contributed by atoms with Gasteiger partial charge in [-0.25, -0.2) is 0 Å². The Bertz CT molecular complexity index is 988. The van der Waals surface area contributed by atoms with Crippen molar-refractivity contribution in [2.24, 2.45) is 0 Å². The molecule has 3 N–H and O–H groups in total. The summed E-state index contributed by atoms with van der Waals surface area (Å²) in [6.45, 7) is 0. The van der Waals surface area contributed by atoms with Gasteiger partial charge in [-0.3, -0.25) is 9.59 Å². The van der Waals surface area contributed by atoms with Gasteiger partial charge < -0.3 is 20.5 Å². The van der Waals surface area contributed by atoms with E-state index < -0.39 is 6.04 Å². The summed E-state index contributed by atoms with van der Waals surface area (Å²) in [5.74, 6) is 0.0724. The van der Waals surface area contributed by atoms with Gasteiger partial charge in [-0.05, 0) is 54.8 Å². The van der Waals surface area contributed by atoms with Crippen LogP contribution in [0.4, 0.5) is 5.69 Å². The number of phenolic OH excluding ortho intramolecular Hbond substituents is 1. The van der Waals surface area contributed by atoms with Crippen LogP contribution in [0.25, 0.3) is 0 Å². The largest absolute Gasteiger partial charge is 0.508 e. The Morgan fingerprint density at radius 2 is 1.60 bits per heavy atom. The molecule has 0 heterocycles. The van der Waals surface area contributed by atoms with Crippen molar-refractivity contribution >= 4 is 17.5 Å². The molecule has 0 aliphatic rings. The fraction of sp³-hybridized carbons (Fsp3) is 0.167. The van der Waals surface area contributed by atoms with Gasteiger partial charge in [0.2, 0.25) is 5.91 Å². The second-order valence-electron chi connectivity index (χ2n) is 6.79.